The van der Waals surface area contributed by atoms with Gasteiger partial charge in [0.05, 0.1) is 5.75 Å². The molecule has 0 aliphatic heterocycles. The van der Waals surface area contributed by atoms with E-state index >= 15 is 0 Å². The summed E-state index contributed by atoms with van der Waals surface area (Å²) in [5.74, 6) is 1.61. The Bertz CT molecular complexity index is 1130. The van der Waals surface area contributed by atoms with Crippen LogP contribution in [0.1, 0.15) is 31.2 Å². The quantitative estimate of drug-likeness (QED) is 0.442. The predicted octanol–water partition coefficient (Wildman–Crippen LogP) is 3.49. The smallest absolute Gasteiger partial charge is 0.230 e. The summed E-state index contributed by atoms with van der Waals surface area (Å²) < 4.78 is 3.94. The third-order valence-electron chi connectivity index (χ3n) is 4.83. The topological polar surface area (TPSA) is 77.1 Å². The highest BCUT2D eigenvalue weighted by molar-refractivity contribution is 7.99. The zero-order valence-corrected chi connectivity index (χ0v) is 17.8. The van der Waals surface area contributed by atoms with Gasteiger partial charge in [-0.3, -0.25) is 13.8 Å². The van der Waals surface area contributed by atoms with Crippen molar-refractivity contribution in [1.29, 1.82) is 0 Å². The Morgan fingerprint density at radius 1 is 1.10 bits per heavy atom. The van der Waals surface area contributed by atoms with Crippen LogP contribution in [0.5, 0.6) is 0 Å². The molecule has 0 radical (unpaired) electrons. The lowest BCUT2D eigenvalue weighted by Crippen LogP contribution is -2.27. The molecule has 8 heteroatoms. The van der Waals surface area contributed by atoms with Crippen molar-refractivity contribution in [3.05, 3.63) is 72.4 Å². The second-order valence-electron chi connectivity index (χ2n) is 7.26. The molecule has 1 amide bonds. The second kappa shape index (κ2) is 9.13. The summed E-state index contributed by atoms with van der Waals surface area (Å²) in [6.07, 6.45) is 6.22. The average Bonchev–Trinajstić information content (AvgIpc) is 3.39. The normalized spacial score (nSPS) is 11.3. The Kier molecular flexibility index (Phi) is 6.13. The Morgan fingerprint density at radius 3 is 2.73 bits per heavy atom. The Balaban J connectivity index is 1.30. The molecule has 1 aromatic carbocycles. The number of nitrogens with zero attached hydrogens (tertiary/aromatic N) is 5. The minimum atomic E-state index is -0.0291. The molecule has 0 saturated heterocycles. The standard InChI is InChI=1S/C22H24N6OS/c1-16(2)17-6-8-18(9-7-17)27-14-12-24-22(27)30-15-21(29)23-11-10-20-26-25-19-5-3-4-13-28(19)20/h3-9,12-14,16H,10-11,15H2,1-2H3,(H,23,29). The molecule has 0 bridgehead atoms. The molecule has 0 unspecified atom stereocenters. The first-order valence-corrected chi connectivity index (χ1v) is 10.9. The lowest BCUT2D eigenvalue weighted by atomic mass is 10.0. The van der Waals surface area contributed by atoms with E-state index in [1.165, 1.54) is 17.3 Å². The largest absolute Gasteiger partial charge is 0.355 e. The molecule has 0 spiro atoms. The van der Waals surface area contributed by atoms with Gasteiger partial charge >= 0.3 is 0 Å². The van der Waals surface area contributed by atoms with Crippen LogP contribution in [0.3, 0.4) is 0 Å². The number of nitrogens with one attached hydrogen (secondary N) is 1. The minimum Gasteiger partial charge on any atom is -0.355 e. The van der Waals surface area contributed by atoms with Crippen molar-refractivity contribution in [1.82, 2.24) is 29.5 Å². The van der Waals surface area contributed by atoms with Crippen LogP contribution in [0.25, 0.3) is 11.3 Å². The van der Waals surface area contributed by atoms with Gasteiger partial charge in [-0.2, -0.15) is 0 Å². The minimum absolute atomic E-state index is 0.0291. The number of imidazole rings is 1. The van der Waals surface area contributed by atoms with E-state index in [0.29, 0.717) is 24.6 Å². The Hall–Kier alpha value is -3.13. The highest BCUT2D eigenvalue weighted by atomic mass is 32.2. The van der Waals surface area contributed by atoms with Gasteiger partial charge in [0.15, 0.2) is 10.8 Å². The van der Waals surface area contributed by atoms with Crippen LogP contribution >= 0.6 is 11.8 Å². The fraction of sp³-hybridized carbons (Fsp3) is 0.273. The van der Waals surface area contributed by atoms with Gasteiger partial charge in [0, 0.05) is 37.2 Å². The zero-order chi connectivity index (χ0) is 20.9. The Labute approximate surface area is 179 Å². The van der Waals surface area contributed by atoms with Crippen LogP contribution in [0.4, 0.5) is 0 Å². The van der Waals surface area contributed by atoms with Crippen molar-refractivity contribution in [3.8, 4) is 5.69 Å². The van der Waals surface area contributed by atoms with Gasteiger partial charge in [0.2, 0.25) is 5.91 Å². The molecular weight excluding hydrogens is 396 g/mol. The average molecular weight is 421 g/mol. The third-order valence-corrected chi connectivity index (χ3v) is 5.80. The van der Waals surface area contributed by atoms with Crippen LogP contribution in [-0.2, 0) is 11.2 Å². The van der Waals surface area contributed by atoms with E-state index < -0.39 is 0 Å². The van der Waals surface area contributed by atoms with Crippen molar-refractivity contribution in [2.45, 2.75) is 31.3 Å². The van der Waals surface area contributed by atoms with E-state index in [9.17, 15) is 4.79 Å². The number of hydrogen-bond acceptors (Lipinski definition) is 5. The fourth-order valence-electron chi connectivity index (χ4n) is 3.17. The number of thioether (sulfide) groups is 1. The van der Waals surface area contributed by atoms with Crippen LogP contribution in [-0.4, -0.2) is 42.4 Å². The summed E-state index contributed by atoms with van der Waals surface area (Å²) in [6.45, 7) is 4.87. The summed E-state index contributed by atoms with van der Waals surface area (Å²) in [5.41, 5.74) is 3.15. The van der Waals surface area contributed by atoms with E-state index in [1.807, 2.05) is 39.6 Å². The molecule has 4 aromatic rings. The highest BCUT2D eigenvalue weighted by Gasteiger charge is 2.10. The maximum Gasteiger partial charge on any atom is 0.230 e. The van der Waals surface area contributed by atoms with Crippen LogP contribution in [0.2, 0.25) is 0 Å². The number of aromatic nitrogens is 5. The number of carbonyl (C=O) groups is 1. The summed E-state index contributed by atoms with van der Waals surface area (Å²) in [5, 5.41) is 12.1. The molecule has 154 valence electrons. The van der Waals surface area contributed by atoms with Crippen LogP contribution in [0, 0.1) is 0 Å². The monoisotopic (exact) mass is 420 g/mol. The van der Waals surface area contributed by atoms with Gasteiger partial charge in [-0.05, 0) is 35.7 Å². The number of rotatable bonds is 8. The number of fused-ring (bicyclic) bond motifs is 1. The number of benzene rings is 1. The van der Waals surface area contributed by atoms with Gasteiger partial charge in [0.25, 0.3) is 0 Å². The second-order valence-corrected chi connectivity index (χ2v) is 8.20. The van der Waals surface area contributed by atoms with E-state index in [1.54, 1.807) is 6.20 Å². The molecule has 0 aliphatic carbocycles. The van der Waals surface area contributed by atoms with Gasteiger partial charge in [-0.1, -0.05) is 43.8 Å². The molecule has 3 aromatic heterocycles. The molecule has 0 saturated carbocycles. The molecule has 7 nitrogen and oxygen atoms in total. The predicted molar refractivity (Wildman–Crippen MR) is 118 cm³/mol. The highest BCUT2D eigenvalue weighted by Crippen LogP contribution is 2.22. The van der Waals surface area contributed by atoms with Crippen molar-refractivity contribution in [2.75, 3.05) is 12.3 Å². The zero-order valence-electron chi connectivity index (χ0n) is 17.0. The summed E-state index contributed by atoms with van der Waals surface area (Å²) in [6, 6.07) is 14.2. The molecule has 1 N–H and O–H groups in total. The van der Waals surface area contributed by atoms with Crippen molar-refractivity contribution in [2.24, 2.45) is 0 Å². The first-order valence-electron chi connectivity index (χ1n) is 9.93. The lowest BCUT2D eigenvalue weighted by Gasteiger charge is -2.10. The van der Waals surface area contributed by atoms with E-state index in [-0.39, 0.29) is 5.91 Å². The molecule has 4 rings (SSSR count). The molecular formula is C22H24N6OS. The van der Waals surface area contributed by atoms with E-state index in [0.717, 1.165) is 22.3 Å². The third kappa shape index (κ3) is 4.54. The molecule has 0 fully saturated rings. The first-order chi connectivity index (χ1) is 14.6. The van der Waals surface area contributed by atoms with E-state index in [4.69, 9.17) is 0 Å². The van der Waals surface area contributed by atoms with E-state index in [2.05, 4.69) is 58.6 Å². The molecule has 30 heavy (non-hydrogen) atoms. The molecule has 3 heterocycles. The maximum absolute atomic E-state index is 12.3. The van der Waals surface area contributed by atoms with Gasteiger partial charge in [0.1, 0.15) is 5.82 Å². The number of carbonyl (C=O) groups excluding carboxylic acids is 1. The van der Waals surface area contributed by atoms with Gasteiger partial charge in [-0.15, -0.1) is 10.2 Å². The summed E-state index contributed by atoms with van der Waals surface area (Å²) in [7, 11) is 0. The van der Waals surface area contributed by atoms with Crippen molar-refractivity contribution >= 4 is 23.3 Å². The van der Waals surface area contributed by atoms with Crippen LogP contribution < -0.4 is 5.32 Å². The van der Waals surface area contributed by atoms with Gasteiger partial charge in [-0.25, -0.2) is 4.98 Å². The first kappa shape index (κ1) is 20.2. The maximum atomic E-state index is 12.3. The molecule has 0 atom stereocenters. The summed E-state index contributed by atoms with van der Waals surface area (Å²) >= 11 is 1.42. The van der Waals surface area contributed by atoms with Crippen molar-refractivity contribution < 1.29 is 4.79 Å². The number of pyridine rings is 1. The fourth-order valence-corrected chi connectivity index (χ4v) is 3.97. The Morgan fingerprint density at radius 2 is 1.93 bits per heavy atom. The van der Waals surface area contributed by atoms with Gasteiger partial charge < -0.3 is 5.32 Å². The SMILES string of the molecule is CC(C)c1ccc(-n2ccnc2SCC(=O)NCCc2nnc3ccccn23)cc1. The number of hydrogen-bond donors (Lipinski definition) is 1. The van der Waals surface area contributed by atoms with Crippen LogP contribution in [0.15, 0.2) is 66.2 Å². The molecule has 0 aliphatic rings. The number of amides is 1. The van der Waals surface area contributed by atoms with Crippen molar-refractivity contribution in [3.63, 3.8) is 0 Å². The lowest BCUT2D eigenvalue weighted by molar-refractivity contribution is -0.118. The summed E-state index contributed by atoms with van der Waals surface area (Å²) in [4.78, 5) is 16.7.